The third-order valence-electron chi connectivity index (χ3n) is 4.88. The molecule has 3 heteroatoms. The molecular formula is C18H30N2O. The van der Waals surface area contributed by atoms with Crippen molar-refractivity contribution in [3.63, 3.8) is 0 Å². The highest BCUT2D eigenvalue weighted by molar-refractivity contribution is 5.32. The van der Waals surface area contributed by atoms with Crippen LogP contribution in [0.3, 0.4) is 0 Å². The summed E-state index contributed by atoms with van der Waals surface area (Å²) in [4.78, 5) is 4.85. The molecule has 2 rings (SSSR count). The van der Waals surface area contributed by atoms with Crippen molar-refractivity contribution in [1.29, 1.82) is 0 Å². The van der Waals surface area contributed by atoms with Gasteiger partial charge in [-0.25, -0.2) is 0 Å². The molecule has 1 fully saturated rings. The van der Waals surface area contributed by atoms with Gasteiger partial charge >= 0.3 is 0 Å². The van der Waals surface area contributed by atoms with Gasteiger partial charge < -0.3 is 14.9 Å². The third kappa shape index (κ3) is 4.29. The minimum absolute atomic E-state index is 0.390. The van der Waals surface area contributed by atoms with E-state index in [1.54, 1.807) is 0 Å². The van der Waals surface area contributed by atoms with E-state index in [4.69, 9.17) is 0 Å². The maximum Gasteiger partial charge on any atom is 0.0919 e. The van der Waals surface area contributed by atoms with Crippen LogP contribution in [0.5, 0.6) is 0 Å². The molecule has 1 saturated heterocycles. The fraction of sp³-hybridized carbons (Fsp3) is 0.667. The van der Waals surface area contributed by atoms with Crippen LogP contribution in [0.4, 0.5) is 0 Å². The molecule has 21 heavy (non-hydrogen) atoms. The minimum Gasteiger partial charge on any atom is -0.387 e. The van der Waals surface area contributed by atoms with Gasteiger partial charge in [-0.15, -0.1) is 0 Å². The summed E-state index contributed by atoms with van der Waals surface area (Å²) in [6.07, 6.45) is 2.03. The van der Waals surface area contributed by atoms with Gasteiger partial charge in [0.2, 0.25) is 0 Å². The van der Waals surface area contributed by atoms with Gasteiger partial charge in [-0.1, -0.05) is 30.7 Å². The Hall–Kier alpha value is -0.900. The Balaban J connectivity index is 1.93. The molecule has 1 aliphatic rings. The molecule has 3 nitrogen and oxygen atoms in total. The molecule has 1 unspecified atom stereocenters. The van der Waals surface area contributed by atoms with Crippen LogP contribution < -0.4 is 0 Å². The van der Waals surface area contributed by atoms with Crippen molar-refractivity contribution in [2.45, 2.75) is 45.8 Å². The second kappa shape index (κ2) is 7.39. The molecule has 1 aliphatic heterocycles. The zero-order valence-corrected chi connectivity index (χ0v) is 14.0. The molecule has 0 bridgehead atoms. The molecule has 0 saturated carbocycles. The number of aliphatic hydroxyl groups excluding tert-OH is 1. The fourth-order valence-corrected chi connectivity index (χ4v) is 3.32. The third-order valence-corrected chi connectivity index (χ3v) is 4.88. The van der Waals surface area contributed by atoms with Crippen molar-refractivity contribution < 1.29 is 5.11 Å². The Kier molecular flexibility index (Phi) is 5.80. The van der Waals surface area contributed by atoms with Crippen molar-refractivity contribution in [1.82, 2.24) is 9.80 Å². The first-order valence-corrected chi connectivity index (χ1v) is 8.19. The largest absolute Gasteiger partial charge is 0.387 e. The summed E-state index contributed by atoms with van der Waals surface area (Å²) >= 11 is 0. The molecule has 1 aromatic rings. The number of likely N-dealkylation sites (tertiary alicyclic amines) is 1. The van der Waals surface area contributed by atoms with E-state index in [1.165, 1.54) is 37.1 Å². The molecule has 1 N–H and O–H groups in total. The average Bonchev–Trinajstić information content (AvgIpc) is 2.49. The molecule has 0 aromatic heterocycles. The molecule has 118 valence electrons. The van der Waals surface area contributed by atoms with E-state index in [9.17, 15) is 5.11 Å². The van der Waals surface area contributed by atoms with Crippen molar-refractivity contribution in [2.24, 2.45) is 0 Å². The molecule has 0 spiro atoms. The van der Waals surface area contributed by atoms with Gasteiger partial charge in [0.1, 0.15) is 0 Å². The Morgan fingerprint density at radius 1 is 1.29 bits per heavy atom. The summed E-state index contributed by atoms with van der Waals surface area (Å²) in [6, 6.07) is 6.93. The molecule has 1 heterocycles. The molecule has 0 amide bonds. The van der Waals surface area contributed by atoms with E-state index in [1.807, 2.05) is 0 Å². The molecule has 0 aliphatic carbocycles. The lowest BCUT2D eigenvalue weighted by Gasteiger charge is -2.37. The number of hydrogen-bond acceptors (Lipinski definition) is 3. The normalized spacial score (nSPS) is 19.1. The molecule has 0 radical (unpaired) electrons. The summed E-state index contributed by atoms with van der Waals surface area (Å²) < 4.78 is 0. The molecule has 1 atom stereocenters. The van der Waals surface area contributed by atoms with E-state index < -0.39 is 0 Å². The van der Waals surface area contributed by atoms with Crippen LogP contribution in [-0.2, 0) is 0 Å². The van der Waals surface area contributed by atoms with Crippen LogP contribution in [0, 0.1) is 13.8 Å². The Labute approximate surface area is 129 Å². The van der Waals surface area contributed by atoms with E-state index in [2.05, 4.69) is 55.8 Å². The highest BCUT2D eigenvalue weighted by Crippen LogP contribution is 2.22. The van der Waals surface area contributed by atoms with Crippen molar-refractivity contribution >= 4 is 0 Å². The number of piperidine rings is 1. The van der Waals surface area contributed by atoms with Gasteiger partial charge in [0, 0.05) is 12.6 Å². The summed E-state index contributed by atoms with van der Waals surface area (Å²) in [7, 11) is 2.15. The first kappa shape index (κ1) is 16.5. The quantitative estimate of drug-likeness (QED) is 0.903. The maximum absolute atomic E-state index is 10.6. The average molecular weight is 290 g/mol. The SMILES string of the molecule is CCN1CCC(N(C)CC(O)c2cc(C)ccc2C)CC1. The number of rotatable bonds is 5. The zero-order valence-electron chi connectivity index (χ0n) is 14.0. The lowest BCUT2D eigenvalue weighted by atomic mass is 9.98. The van der Waals surface area contributed by atoms with Gasteiger partial charge in [-0.3, -0.25) is 0 Å². The number of likely N-dealkylation sites (N-methyl/N-ethyl adjacent to an activating group) is 1. The smallest absolute Gasteiger partial charge is 0.0919 e. The van der Waals surface area contributed by atoms with Gasteiger partial charge in [0.15, 0.2) is 0 Å². The lowest BCUT2D eigenvalue weighted by Crippen LogP contribution is -2.44. The monoisotopic (exact) mass is 290 g/mol. The van der Waals surface area contributed by atoms with Gasteiger partial charge in [0.25, 0.3) is 0 Å². The van der Waals surface area contributed by atoms with E-state index in [0.717, 1.165) is 18.7 Å². The fourth-order valence-electron chi connectivity index (χ4n) is 3.32. The van der Waals surface area contributed by atoms with E-state index in [0.29, 0.717) is 6.04 Å². The van der Waals surface area contributed by atoms with Crippen LogP contribution in [0.2, 0.25) is 0 Å². The Morgan fingerprint density at radius 3 is 2.57 bits per heavy atom. The summed E-state index contributed by atoms with van der Waals surface area (Å²) in [5.74, 6) is 0. The van der Waals surface area contributed by atoms with Gasteiger partial charge in [-0.2, -0.15) is 0 Å². The van der Waals surface area contributed by atoms with E-state index >= 15 is 0 Å². The number of benzene rings is 1. The number of aryl methyl sites for hydroxylation is 2. The molecule has 1 aromatic carbocycles. The number of nitrogens with zero attached hydrogens (tertiary/aromatic N) is 2. The topological polar surface area (TPSA) is 26.7 Å². The summed E-state index contributed by atoms with van der Waals surface area (Å²) in [5, 5.41) is 10.6. The first-order chi connectivity index (χ1) is 10.0. The van der Waals surface area contributed by atoms with Crippen LogP contribution in [0.25, 0.3) is 0 Å². The van der Waals surface area contributed by atoms with Crippen molar-refractivity contribution in [2.75, 3.05) is 33.2 Å². The van der Waals surface area contributed by atoms with Crippen LogP contribution in [-0.4, -0.2) is 54.2 Å². The number of aliphatic hydroxyl groups is 1. The van der Waals surface area contributed by atoms with Crippen molar-refractivity contribution in [3.8, 4) is 0 Å². The Bertz CT molecular complexity index is 453. The number of hydrogen-bond donors (Lipinski definition) is 1. The van der Waals surface area contributed by atoms with Crippen LogP contribution in [0.1, 0.15) is 42.6 Å². The summed E-state index contributed by atoms with van der Waals surface area (Å²) in [5.41, 5.74) is 3.48. The Morgan fingerprint density at radius 2 is 1.95 bits per heavy atom. The maximum atomic E-state index is 10.6. The highest BCUT2D eigenvalue weighted by atomic mass is 16.3. The van der Waals surface area contributed by atoms with Gasteiger partial charge in [-0.05, 0) is 64.5 Å². The predicted molar refractivity (Wildman–Crippen MR) is 88.6 cm³/mol. The summed E-state index contributed by atoms with van der Waals surface area (Å²) in [6.45, 7) is 10.6. The van der Waals surface area contributed by atoms with Crippen LogP contribution >= 0.6 is 0 Å². The second-order valence-corrected chi connectivity index (χ2v) is 6.48. The highest BCUT2D eigenvalue weighted by Gasteiger charge is 2.23. The zero-order chi connectivity index (χ0) is 15.4. The molecular weight excluding hydrogens is 260 g/mol. The first-order valence-electron chi connectivity index (χ1n) is 8.19. The van der Waals surface area contributed by atoms with Crippen molar-refractivity contribution in [3.05, 3.63) is 34.9 Å². The predicted octanol–water partition coefficient (Wildman–Crippen LogP) is 2.75. The second-order valence-electron chi connectivity index (χ2n) is 6.48. The van der Waals surface area contributed by atoms with Crippen LogP contribution in [0.15, 0.2) is 18.2 Å². The standard InChI is InChI=1S/C18H30N2O/c1-5-20-10-8-16(9-11-20)19(4)13-18(21)17-12-14(2)6-7-15(17)3/h6-7,12,16,18,21H,5,8-11,13H2,1-4H3. The van der Waals surface area contributed by atoms with E-state index in [-0.39, 0.29) is 6.10 Å². The van der Waals surface area contributed by atoms with Gasteiger partial charge in [0.05, 0.1) is 6.10 Å². The minimum atomic E-state index is -0.390. The lowest BCUT2D eigenvalue weighted by molar-refractivity contribution is 0.0745.